The molecule has 11 heteroatoms. The highest BCUT2D eigenvalue weighted by molar-refractivity contribution is 7.47. The standard InChI is InChI=1S/C34H63O10P/c1-3-5-7-9-11-12-13-14-15-16-17-18-20-22-24-26-34(38)44-32(30-43-45(39,40)42-28-31(36)27-35)29-41-33(37)25-23-21-19-10-8-6-4-2/h11-12,14-15,31-32,35-36H,3-10,13,16-30H2,1-2H3,(H,39,40)/b12-11+,15-14+/t31-,32+/m0/s1. The molecule has 0 bridgehead atoms. The van der Waals surface area contributed by atoms with Gasteiger partial charge in [-0.25, -0.2) is 4.57 Å². The fourth-order valence-corrected chi connectivity index (χ4v) is 5.16. The maximum absolute atomic E-state index is 12.5. The number of rotatable bonds is 32. The Hall–Kier alpha value is -1.55. The van der Waals surface area contributed by atoms with E-state index in [1.54, 1.807) is 0 Å². The van der Waals surface area contributed by atoms with Gasteiger partial charge in [0.2, 0.25) is 0 Å². The Morgan fingerprint density at radius 2 is 1.16 bits per heavy atom. The Bertz CT molecular complexity index is 817. The number of hydrogen-bond donors (Lipinski definition) is 3. The summed E-state index contributed by atoms with van der Waals surface area (Å²) in [6.07, 6.45) is 26.0. The Morgan fingerprint density at radius 3 is 1.76 bits per heavy atom. The smallest absolute Gasteiger partial charge is 0.462 e. The Kier molecular flexibility index (Phi) is 30.0. The second-order valence-corrected chi connectivity index (χ2v) is 13.0. The van der Waals surface area contributed by atoms with Crippen LogP contribution in [-0.2, 0) is 32.7 Å². The number of carbonyl (C=O) groups is 2. The lowest BCUT2D eigenvalue weighted by Crippen LogP contribution is -2.29. The van der Waals surface area contributed by atoms with Crippen LogP contribution in [0, 0.1) is 0 Å². The first-order valence-corrected chi connectivity index (χ1v) is 18.8. The Morgan fingerprint density at radius 1 is 0.667 bits per heavy atom. The lowest BCUT2D eigenvalue weighted by Gasteiger charge is -2.20. The number of aliphatic hydroxyl groups excluding tert-OH is 2. The average molecular weight is 663 g/mol. The molecule has 264 valence electrons. The molecule has 0 aromatic rings. The number of unbranched alkanes of at least 4 members (excludes halogenated alkanes) is 14. The molecule has 10 nitrogen and oxygen atoms in total. The number of allylic oxidation sites excluding steroid dienone is 4. The first-order valence-electron chi connectivity index (χ1n) is 17.3. The van der Waals surface area contributed by atoms with Gasteiger partial charge in [-0.05, 0) is 44.9 Å². The molecule has 0 fully saturated rings. The molecule has 0 spiro atoms. The van der Waals surface area contributed by atoms with Gasteiger partial charge < -0.3 is 24.6 Å². The summed E-state index contributed by atoms with van der Waals surface area (Å²) < 4.78 is 32.4. The zero-order valence-corrected chi connectivity index (χ0v) is 29.0. The van der Waals surface area contributed by atoms with Crippen molar-refractivity contribution >= 4 is 19.8 Å². The van der Waals surface area contributed by atoms with E-state index >= 15 is 0 Å². The molecule has 0 aromatic carbocycles. The van der Waals surface area contributed by atoms with Crippen LogP contribution in [0.15, 0.2) is 24.3 Å². The lowest BCUT2D eigenvalue weighted by atomic mass is 10.1. The van der Waals surface area contributed by atoms with Gasteiger partial charge in [-0.3, -0.25) is 18.6 Å². The van der Waals surface area contributed by atoms with Crippen molar-refractivity contribution in [1.82, 2.24) is 0 Å². The predicted octanol–water partition coefficient (Wildman–Crippen LogP) is 7.88. The molecule has 45 heavy (non-hydrogen) atoms. The second kappa shape index (κ2) is 31.1. The van der Waals surface area contributed by atoms with E-state index in [4.69, 9.17) is 19.1 Å². The summed E-state index contributed by atoms with van der Waals surface area (Å²) in [5, 5.41) is 18.2. The molecule has 0 saturated heterocycles. The van der Waals surface area contributed by atoms with Gasteiger partial charge >= 0.3 is 19.8 Å². The summed E-state index contributed by atoms with van der Waals surface area (Å²) >= 11 is 0. The zero-order chi connectivity index (χ0) is 33.4. The van der Waals surface area contributed by atoms with E-state index in [9.17, 15) is 24.2 Å². The second-order valence-electron chi connectivity index (χ2n) is 11.5. The van der Waals surface area contributed by atoms with Crippen LogP contribution in [0.3, 0.4) is 0 Å². The van der Waals surface area contributed by atoms with Crippen molar-refractivity contribution in [3.8, 4) is 0 Å². The summed E-state index contributed by atoms with van der Waals surface area (Å²) in [5.74, 6) is -0.949. The largest absolute Gasteiger partial charge is 0.472 e. The third kappa shape index (κ3) is 30.8. The summed E-state index contributed by atoms with van der Waals surface area (Å²) in [7, 11) is -4.60. The quantitative estimate of drug-likeness (QED) is 0.0281. The van der Waals surface area contributed by atoms with Crippen molar-refractivity contribution in [2.24, 2.45) is 0 Å². The van der Waals surface area contributed by atoms with Crippen LogP contribution in [-0.4, -0.2) is 65.7 Å². The number of esters is 2. The molecule has 3 N–H and O–H groups in total. The molecule has 0 aromatic heterocycles. The molecule has 0 saturated carbocycles. The third-order valence-electron chi connectivity index (χ3n) is 7.11. The van der Waals surface area contributed by atoms with Gasteiger partial charge in [0.25, 0.3) is 0 Å². The topological polar surface area (TPSA) is 149 Å². The molecule has 0 heterocycles. The highest BCUT2D eigenvalue weighted by Gasteiger charge is 2.27. The van der Waals surface area contributed by atoms with Gasteiger partial charge in [0.15, 0.2) is 6.10 Å². The zero-order valence-electron chi connectivity index (χ0n) is 28.1. The fourth-order valence-electron chi connectivity index (χ4n) is 4.37. The normalized spacial score (nSPS) is 14.5. The Balaban J connectivity index is 4.41. The van der Waals surface area contributed by atoms with Crippen molar-refractivity contribution in [3.05, 3.63) is 24.3 Å². The summed E-state index contributed by atoms with van der Waals surface area (Å²) in [6.45, 7) is 2.25. The van der Waals surface area contributed by atoms with Gasteiger partial charge in [-0.1, -0.05) is 109 Å². The molecule has 0 aliphatic carbocycles. The van der Waals surface area contributed by atoms with Gasteiger partial charge in [-0.2, -0.15) is 0 Å². The van der Waals surface area contributed by atoms with E-state index in [1.807, 2.05) is 0 Å². The maximum Gasteiger partial charge on any atom is 0.472 e. The third-order valence-corrected chi connectivity index (χ3v) is 8.06. The minimum atomic E-state index is -4.60. The number of hydrogen-bond acceptors (Lipinski definition) is 9. The number of carbonyl (C=O) groups excluding carboxylic acids is 2. The van der Waals surface area contributed by atoms with Gasteiger partial charge in [0, 0.05) is 12.8 Å². The van der Waals surface area contributed by atoms with Crippen molar-refractivity contribution < 1.29 is 47.8 Å². The molecular weight excluding hydrogens is 599 g/mol. The van der Waals surface area contributed by atoms with E-state index in [2.05, 4.69) is 42.7 Å². The van der Waals surface area contributed by atoms with Crippen LogP contribution in [0.5, 0.6) is 0 Å². The number of ether oxygens (including phenoxy) is 2. The number of aliphatic hydroxyl groups is 2. The summed E-state index contributed by atoms with van der Waals surface area (Å²) in [6, 6.07) is 0. The highest BCUT2D eigenvalue weighted by atomic mass is 31.2. The molecule has 3 atom stereocenters. The molecule has 0 radical (unpaired) electrons. The van der Waals surface area contributed by atoms with Crippen molar-refractivity contribution in [1.29, 1.82) is 0 Å². The van der Waals surface area contributed by atoms with Crippen LogP contribution in [0.1, 0.15) is 142 Å². The molecule has 0 aliphatic heterocycles. The van der Waals surface area contributed by atoms with E-state index in [0.717, 1.165) is 64.2 Å². The van der Waals surface area contributed by atoms with Crippen LogP contribution in [0.25, 0.3) is 0 Å². The first kappa shape index (κ1) is 43.5. The van der Waals surface area contributed by atoms with Gasteiger partial charge in [0.1, 0.15) is 12.7 Å². The monoisotopic (exact) mass is 662 g/mol. The van der Waals surface area contributed by atoms with Crippen LogP contribution in [0.2, 0.25) is 0 Å². The van der Waals surface area contributed by atoms with E-state index in [-0.39, 0.29) is 19.4 Å². The van der Waals surface area contributed by atoms with Gasteiger partial charge in [-0.15, -0.1) is 0 Å². The lowest BCUT2D eigenvalue weighted by molar-refractivity contribution is -0.161. The molecule has 1 unspecified atom stereocenters. The minimum Gasteiger partial charge on any atom is -0.462 e. The Labute approximate surface area is 272 Å². The number of phosphoric acid groups is 1. The maximum atomic E-state index is 12.5. The minimum absolute atomic E-state index is 0.170. The van der Waals surface area contributed by atoms with Crippen LogP contribution < -0.4 is 0 Å². The fraction of sp³-hybridized carbons (Fsp3) is 0.824. The SMILES string of the molecule is CCCCC/C=C/C/C=C/CCCCCCCC(=O)O[C@H](COC(=O)CCCCCCCCC)COP(=O)(O)OC[C@@H](O)CO. The van der Waals surface area contributed by atoms with E-state index in [0.29, 0.717) is 12.8 Å². The van der Waals surface area contributed by atoms with Crippen molar-refractivity contribution in [2.45, 2.75) is 154 Å². The molecular formula is C34H63O10P. The van der Waals surface area contributed by atoms with Crippen LogP contribution >= 0.6 is 7.82 Å². The predicted molar refractivity (Wildman–Crippen MR) is 178 cm³/mol. The molecule has 0 rings (SSSR count). The molecule has 0 aliphatic rings. The van der Waals surface area contributed by atoms with Crippen LogP contribution in [0.4, 0.5) is 0 Å². The average Bonchev–Trinajstić information content (AvgIpc) is 3.02. The van der Waals surface area contributed by atoms with Crippen molar-refractivity contribution in [2.75, 3.05) is 26.4 Å². The molecule has 0 amide bonds. The first-order chi connectivity index (χ1) is 21.7. The van der Waals surface area contributed by atoms with E-state index in [1.165, 1.54) is 38.5 Å². The summed E-state index contributed by atoms with van der Waals surface area (Å²) in [5.41, 5.74) is 0. The highest BCUT2D eigenvalue weighted by Crippen LogP contribution is 2.43. The number of phosphoric ester groups is 1. The van der Waals surface area contributed by atoms with Crippen molar-refractivity contribution in [3.63, 3.8) is 0 Å². The summed E-state index contributed by atoms with van der Waals surface area (Å²) in [4.78, 5) is 34.5. The van der Waals surface area contributed by atoms with Gasteiger partial charge in [0.05, 0.1) is 19.8 Å². The van der Waals surface area contributed by atoms with E-state index < -0.39 is 51.8 Å².